The number of nitrogens with zero attached hydrogens (tertiary/aromatic N) is 2. The Labute approximate surface area is 284 Å². The van der Waals surface area contributed by atoms with E-state index in [0.717, 1.165) is 13.0 Å². The Hall–Kier alpha value is -4.17. The average Bonchev–Trinajstić information content (AvgIpc) is 3.11. The Morgan fingerprint density at radius 2 is 1.46 bits per heavy atom. The Kier molecular flexibility index (Phi) is 11.3. The number of halogens is 1. The van der Waals surface area contributed by atoms with E-state index in [4.69, 9.17) is 44.4 Å². The highest BCUT2D eigenvalue weighted by molar-refractivity contribution is 7.89. The van der Waals surface area contributed by atoms with Crippen molar-refractivity contribution in [2.24, 2.45) is 0 Å². The van der Waals surface area contributed by atoms with E-state index >= 15 is 0 Å². The number of benzene rings is 3. The lowest BCUT2D eigenvalue weighted by atomic mass is 10.1. The van der Waals surface area contributed by atoms with Crippen LogP contribution in [0, 0.1) is 0 Å². The first-order valence-electron chi connectivity index (χ1n) is 15.3. The largest absolute Gasteiger partial charge is 0.496 e. The van der Waals surface area contributed by atoms with Gasteiger partial charge in [0.2, 0.25) is 27.0 Å². The highest BCUT2D eigenvalue weighted by Crippen LogP contribution is 2.44. The number of hydrogen-bond donors (Lipinski definition) is 0. The van der Waals surface area contributed by atoms with Gasteiger partial charge in [-0.15, -0.1) is 0 Å². The Bertz CT molecular complexity index is 1900. The van der Waals surface area contributed by atoms with Crippen LogP contribution in [0.2, 0.25) is 5.02 Å². The SMILES string of the molecule is COc1cc(OC)c2c(=O)c(OCCCCN3CCN(S(=O)(=O)c4ccccc4Cl)CC3)c(-c3cc(OC)c(OC)c(OC)c3)oc2c1. The second kappa shape index (κ2) is 15.4. The second-order valence-electron chi connectivity index (χ2n) is 10.9. The molecule has 1 saturated heterocycles. The molecular weight excluding hydrogens is 664 g/mol. The van der Waals surface area contributed by atoms with Gasteiger partial charge in [-0.1, -0.05) is 23.7 Å². The van der Waals surface area contributed by atoms with E-state index in [-0.39, 0.29) is 44.8 Å². The zero-order chi connectivity index (χ0) is 34.4. The Morgan fingerprint density at radius 1 is 0.792 bits per heavy atom. The minimum atomic E-state index is -3.67. The Balaban J connectivity index is 1.32. The molecular formula is C34H39ClN2O10S. The minimum absolute atomic E-state index is 0.0126. The summed E-state index contributed by atoms with van der Waals surface area (Å²) in [6, 6.07) is 13.1. The summed E-state index contributed by atoms with van der Waals surface area (Å²) in [6.07, 6.45) is 1.39. The smallest absolute Gasteiger partial charge is 0.244 e. The van der Waals surface area contributed by atoms with Gasteiger partial charge in [-0.2, -0.15) is 4.31 Å². The van der Waals surface area contributed by atoms with Crippen LogP contribution in [-0.4, -0.2) is 92.5 Å². The monoisotopic (exact) mass is 702 g/mol. The summed E-state index contributed by atoms with van der Waals surface area (Å²) in [6.45, 7) is 2.89. The van der Waals surface area contributed by atoms with Crippen molar-refractivity contribution in [2.45, 2.75) is 17.7 Å². The summed E-state index contributed by atoms with van der Waals surface area (Å²) < 4.78 is 67.7. The van der Waals surface area contributed by atoms with Crippen molar-refractivity contribution in [3.05, 3.63) is 63.8 Å². The molecule has 1 aliphatic heterocycles. The highest BCUT2D eigenvalue weighted by atomic mass is 35.5. The predicted molar refractivity (Wildman–Crippen MR) is 182 cm³/mol. The van der Waals surface area contributed by atoms with Gasteiger partial charge in [-0.3, -0.25) is 4.79 Å². The van der Waals surface area contributed by atoms with Crippen LogP contribution in [0.5, 0.6) is 34.5 Å². The van der Waals surface area contributed by atoms with Crippen LogP contribution in [0.3, 0.4) is 0 Å². The molecule has 0 aliphatic carbocycles. The van der Waals surface area contributed by atoms with Crippen LogP contribution in [0.1, 0.15) is 12.8 Å². The number of ether oxygens (including phenoxy) is 6. The molecule has 0 spiro atoms. The molecule has 3 aromatic carbocycles. The minimum Gasteiger partial charge on any atom is -0.496 e. The molecule has 5 rings (SSSR count). The van der Waals surface area contributed by atoms with Gasteiger partial charge < -0.3 is 37.7 Å². The number of piperazine rings is 1. The molecule has 0 atom stereocenters. The molecule has 0 bridgehead atoms. The van der Waals surface area contributed by atoms with Crippen LogP contribution in [0.15, 0.2) is 62.6 Å². The van der Waals surface area contributed by atoms with E-state index in [1.165, 1.54) is 45.9 Å². The third kappa shape index (κ3) is 7.14. The molecule has 0 radical (unpaired) electrons. The summed E-state index contributed by atoms with van der Waals surface area (Å²) in [5.41, 5.74) is 0.322. The number of rotatable bonds is 14. The summed E-state index contributed by atoms with van der Waals surface area (Å²) in [4.78, 5) is 16.4. The fourth-order valence-electron chi connectivity index (χ4n) is 5.65. The maximum Gasteiger partial charge on any atom is 0.244 e. The van der Waals surface area contributed by atoms with E-state index in [1.54, 1.807) is 42.5 Å². The predicted octanol–water partition coefficient (Wildman–Crippen LogP) is 5.32. The van der Waals surface area contributed by atoms with Crippen molar-refractivity contribution in [2.75, 3.05) is 74.9 Å². The fourth-order valence-corrected chi connectivity index (χ4v) is 7.57. The number of methoxy groups -OCH3 is 5. The van der Waals surface area contributed by atoms with Gasteiger partial charge in [-0.05, 0) is 43.7 Å². The van der Waals surface area contributed by atoms with Crippen LogP contribution < -0.4 is 33.8 Å². The third-order valence-electron chi connectivity index (χ3n) is 8.17. The second-order valence-corrected chi connectivity index (χ2v) is 13.3. The van der Waals surface area contributed by atoms with Crippen LogP contribution in [-0.2, 0) is 10.0 Å². The maximum atomic E-state index is 14.0. The summed E-state index contributed by atoms with van der Waals surface area (Å²) in [5.74, 6) is 2.08. The fraction of sp³-hybridized carbons (Fsp3) is 0.382. The first-order chi connectivity index (χ1) is 23.2. The van der Waals surface area contributed by atoms with Crippen molar-refractivity contribution in [1.29, 1.82) is 0 Å². The molecule has 1 aliphatic rings. The maximum absolute atomic E-state index is 14.0. The quantitative estimate of drug-likeness (QED) is 0.159. The van der Waals surface area contributed by atoms with Gasteiger partial charge in [0.15, 0.2) is 17.3 Å². The summed E-state index contributed by atoms with van der Waals surface area (Å²) >= 11 is 6.17. The molecule has 0 saturated carbocycles. The summed E-state index contributed by atoms with van der Waals surface area (Å²) in [7, 11) is 3.82. The highest BCUT2D eigenvalue weighted by Gasteiger charge is 2.30. The van der Waals surface area contributed by atoms with Gasteiger partial charge in [0, 0.05) is 43.9 Å². The van der Waals surface area contributed by atoms with Crippen molar-refractivity contribution in [3.8, 4) is 45.8 Å². The molecule has 0 unspecified atom stereocenters. The van der Waals surface area contributed by atoms with Crippen molar-refractivity contribution in [3.63, 3.8) is 0 Å². The van der Waals surface area contributed by atoms with E-state index < -0.39 is 15.5 Å². The molecule has 0 amide bonds. The number of unbranched alkanes of at least 4 members (excludes halogenated alkanes) is 1. The van der Waals surface area contributed by atoms with Gasteiger partial charge in [0.05, 0.1) is 47.2 Å². The first kappa shape index (κ1) is 35.1. The lowest BCUT2D eigenvalue weighted by Gasteiger charge is -2.34. The van der Waals surface area contributed by atoms with Gasteiger partial charge >= 0.3 is 0 Å². The topological polar surface area (TPSA) is 126 Å². The van der Waals surface area contributed by atoms with Crippen LogP contribution in [0.25, 0.3) is 22.3 Å². The third-order valence-corrected chi connectivity index (χ3v) is 10.6. The van der Waals surface area contributed by atoms with Crippen LogP contribution in [0.4, 0.5) is 0 Å². The number of hydrogen-bond acceptors (Lipinski definition) is 11. The molecule has 4 aromatic rings. The molecule has 1 aromatic heterocycles. The normalized spacial score (nSPS) is 14.1. The van der Waals surface area contributed by atoms with Crippen molar-refractivity contribution >= 4 is 32.6 Å². The van der Waals surface area contributed by atoms with E-state index in [9.17, 15) is 13.2 Å². The molecule has 2 heterocycles. The van der Waals surface area contributed by atoms with Gasteiger partial charge in [0.25, 0.3) is 0 Å². The van der Waals surface area contributed by atoms with E-state index in [0.29, 0.717) is 61.2 Å². The molecule has 0 N–H and O–H groups in total. The Morgan fingerprint density at radius 3 is 2.06 bits per heavy atom. The van der Waals surface area contributed by atoms with Gasteiger partial charge in [0.1, 0.15) is 27.4 Å². The molecule has 1 fully saturated rings. The van der Waals surface area contributed by atoms with Gasteiger partial charge in [-0.25, -0.2) is 8.42 Å². The standard InChI is InChI=1S/C34H39ClN2O10S/c1-41-23-20-25(42-2)30-26(21-23)47-32(22-18-27(43-3)33(45-5)28(19-22)44-4)34(31(30)38)46-17-9-8-12-36-13-15-37(16-14-36)48(39,40)29-11-7-6-10-24(29)35/h6-7,10-11,18-21H,8-9,12-17H2,1-5H3. The molecule has 14 heteroatoms. The molecule has 258 valence electrons. The van der Waals surface area contributed by atoms with Crippen molar-refractivity contribution < 1.29 is 41.3 Å². The zero-order valence-electron chi connectivity index (χ0n) is 27.5. The van der Waals surface area contributed by atoms with E-state index in [2.05, 4.69) is 4.90 Å². The lowest BCUT2D eigenvalue weighted by molar-refractivity contribution is 0.181. The average molecular weight is 703 g/mol. The molecule has 12 nitrogen and oxygen atoms in total. The summed E-state index contributed by atoms with van der Waals surface area (Å²) in [5, 5.41) is 0.432. The lowest BCUT2D eigenvalue weighted by Crippen LogP contribution is -2.48. The first-order valence-corrected chi connectivity index (χ1v) is 17.1. The number of fused-ring (bicyclic) bond motifs is 1. The van der Waals surface area contributed by atoms with E-state index in [1.807, 2.05) is 0 Å². The molecule has 48 heavy (non-hydrogen) atoms. The number of sulfonamides is 1. The van der Waals surface area contributed by atoms with Crippen LogP contribution >= 0.6 is 11.6 Å². The zero-order valence-corrected chi connectivity index (χ0v) is 29.1. The van der Waals surface area contributed by atoms with Crippen molar-refractivity contribution in [1.82, 2.24) is 9.21 Å².